The first-order valence-corrected chi connectivity index (χ1v) is 6.43. The molecule has 100 valence electrons. The maximum atomic E-state index is 13.0. The van der Waals surface area contributed by atoms with E-state index in [0.717, 1.165) is 12.8 Å². The van der Waals surface area contributed by atoms with Crippen LogP contribution < -0.4 is 10.2 Å². The second kappa shape index (κ2) is 8.11. The minimum absolute atomic E-state index is 0.199. The van der Waals surface area contributed by atoms with E-state index in [4.69, 9.17) is 14.8 Å². The predicted octanol–water partition coefficient (Wildman–Crippen LogP) is 1.85. The molecule has 0 saturated carbocycles. The standard InChI is InChI=1S/C13H20BFO3/c1-2-3-4-5-6-9-18-13-10-11(15)7-8-12(13)14(16)17/h7-8,10,16-17H,2-6,9H2,1H3. The van der Waals surface area contributed by atoms with Crippen LogP contribution in [0.2, 0.25) is 0 Å². The van der Waals surface area contributed by atoms with Crippen LogP contribution in [0.4, 0.5) is 4.39 Å². The van der Waals surface area contributed by atoms with E-state index in [1.165, 1.54) is 37.5 Å². The van der Waals surface area contributed by atoms with Crippen molar-refractivity contribution in [3.8, 4) is 5.75 Å². The lowest BCUT2D eigenvalue weighted by Gasteiger charge is -2.11. The second-order valence-corrected chi connectivity index (χ2v) is 4.32. The Labute approximate surface area is 108 Å². The highest BCUT2D eigenvalue weighted by Crippen LogP contribution is 2.12. The van der Waals surface area contributed by atoms with Gasteiger partial charge < -0.3 is 14.8 Å². The molecule has 0 amide bonds. The van der Waals surface area contributed by atoms with Gasteiger partial charge >= 0.3 is 7.12 Å². The summed E-state index contributed by atoms with van der Waals surface area (Å²) in [6.07, 6.45) is 5.52. The molecule has 0 fully saturated rings. The van der Waals surface area contributed by atoms with E-state index in [2.05, 4.69) is 6.92 Å². The molecule has 1 aromatic rings. The highest BCUT2D eigenvalue weighted by molar-refractivity contribution is 6.59. The smallest absolute Gasteiger partial charge is 0.492 e. The molecule has 3 nitrogen and oxygen atoms in total. The minimum atomic E-state index is -1.64. The number of benzene rings is 1. The SMILES string of the molecule is CCCCCCCOc1cc(F)ccc1B(O)O. The maximum Gasteiger partial charge on any atom is 0.492 e. The summed E-state index contributed by atoms with van der Waals surface area (Å²) < 4.78 is 18.4. The fourth-order valence-corrected chi connectivity index (χ4v) is 1.73. The van der Waals surface area contributed by atoms with Gasteiger partial charge in [0.25, 0.3) is 0 Å². The second-order valence-electron chi connectivity index (χ2n) is 4.32. The first-order chi connectivity index (χ1) is 8.65. The molecule has 0 spiro atoms. The van der Waals surface area contributed by atoms with Gasteiger partial charge in [-0.05, 0) is 12.5 Å². The zero-order valence-corrected chi connectivity index (χ0v) is 10.7. The summed E-state index contributed by atoms with van der Waals surface area (Å²) in [6.45, 7) is 2.62. The number of halogens is 1. The van der Waals surface area contributed by atoms with E-state index in [-0.39, 0.29) is 11.2 Å². The molecule has 0 saturated heterocycles. The van der Waals surface area contributed by atoms with Crippen molar-refractivity contribution in [2.24, 2.45) is 0 Å². The van der Waals surface area contributed by atoms with Crippen LogP contribution in [-0.2, 0) is 0 Å². The lowest BCUT2D eigenvalue weighted by molar-refractivity contribution is 0.303. The summed E-state index contributed by atoms with van der Waals surface area (Å²) in [5, 5.41) is 18.2. The van der Waals surface area contributed by atoms with Crippen LogP contribution >= 0.6 is 0 Å². The van der Waals surface area contributed by atoms with Crippen molar-refractivity contribution in [3.63, 3.8) is 0 Å². The number of hydrogen-bond acceptors (Lipinski definition) is 3. The van der Waals surface area contributed by atoms with Crippen molar-refractivity contribution < 1.29 is 19.2 Å². The first kappa shape index (κ1) is 15.0. The summed E-state index contributed by atoms with van der Waals surface area (Å²) in [7, 11) is -1.64. The van der Waals surface area contributed by atoms with Gasteiger partial charge in [0.05, 0.1) is 6.61 Å². The van der Waals surface area contributed by atoms with Gasteiger partial charge in [0, 0.05) is 11.5 Å². The minimum Gasteiger partial charge on any atom is -0.494 e. The van der Waals surface area contributed by atoms with E-state index < -0.39 is 12.9 Å². The van der Waals surface area contributed by atoms with Crippen molar-refractivity contribution in [3.05, 3.63) is 24.0 Å². The largest absolute Gasteiger partial charge is 0.494 e. The Balaban J connectivity index is 2.43. The molecular formula is C13H20BFO3. The first-order valence-electron chi connectivity index (χ1n) is 6.43. The van der Waals surface area contributed by atoms with E-state index in [1.807, 2.05) is 0 Å². The molecule has 0 aliphatic heterocycles. The molecule has 18 heavy (non-hydrogen) atoms. The number of ether oxygens (including phenoxy) is 1. The highest BCUT2D eigenvalue weighted by atomic mass is 19.1. The van der Waals surface area contributed by atoms with Crippen molar-refractivity contribution in [1.29, 1.82) is 0 Å². The summed E-state index contributed by atoms with van der Waals surface area (Å²) in [4.78, 5) is 0. The van der Waals surface area contributed by atoms with E-state index in [1.54, 1.807) is 0 Å². The normalized spacial score (nSPS) is 10.4. The van der Waals surface area contributed by atoms with Gasteiger partial charge in [-0.3, -0.25) is 0 Å². The fraction of sp³-hybridized carbons (Fsp3) is 0.538. The summed E-state index contributed by atoms with van der Waals surface area (Å²) in [6, 6.07) is 3.69. The number of rotatable bonds is 8. The molecule has 1 rings (SSSR count). The van der Waals surface area contributed by atoms with Crippen LogP contribution in [-0.4, -0.2) is 23.8 Å². The van der Waals surface area contributed by atoms with Crippen LogP contribution in [0.3, 0.4) is 0 Å². The van der Waals surface area contributed by atoms with Crippen LogP contribution in [0.25, 0.3) is 0 Å². The molecular weight excluding hydrogens is 234 g/mol. The molecule has 0 radical (unpaired) electrons. The molecule has 0 unspecified atom stereocenters. The van der Waals surface area contributed by atoms with Gasteiger partial charge in [-0.15, -0.1) is 0 Å². The molecule has 1 aromatic carbocycles. The van der Waals surface area contributed by atoms with Crippen LogP contribution in [0, 0.1) is 5.82 Å². The number of hydrogen-bond donors (Lipinski definition) is 2. The van der Waals surface area contributed by atoms with Crippen LogP contribution in [0.1, 0.15) is 39.0 Å². The third-order valence-corrected chi connectivity index (χ3v) is 2.76. The van der Waals surface area contributed by atoms with Crippen molar-refractivity contribution in [2.75, 3.05) is 6.61 Å². The van der Waals surface area contributed by atoms with Crippen molar-refractivity contribution in [2.45, 2.75) is 39.0 Å². The number of unbranched alkanes of at least 4 members (excludes halogenated alkanes) is 4. The van der Waals surface area contributed by atoms with Crippen molar-refractivity contribution >= 4 is 12.6 Å². The Morgan fingerprint density at radius 2 is 1.89 bits per heavy atom. The maximum absolute atomic E-state index is 13.0. The third-order valence-electron chi connectivity index (χ3n) is 2.76. The highest BCUT2D eigenvalue weighted by Gasteiger charge is 2.17. The van der Waals surface area contributed by atoms with E-state index >= 15 is 0 Å². The predicted molar refractivity (Wildman–Crippen MR) is 70.5 cm³/mol. The lowest BCUT2D eigenvalue weighted by atomic mass is 9.79. The summed E-state index contributed by atoms with van der Waals surface area (Å²) in [5.74, 6) is -0.235. The Morgan fingerprint density at radius 1 is 1.17 bits per heavy atom. The summed E-state index contributed by atoms with van der Waals surface area (Å²) >= 11 is 0. The van der Waals surface area contributed by atoms with Gasteiger partial charge in [-0.1, -0.05) is 38.7 Å². The molecule has 0 aliphatic rings. The Morgan fingerprint density at radius 3 is 2.56 bits per heavy atom. The molecule has 5 heteroatoms. The topological polar surface area (TPSA) is 49.7 Å². The fourth-order valence-electron chi connectivity index (χ4n) is 1.73. The average Bonchev–Trinajstić information content (AvgIpc) is 2.33. The van der Waals surface area contributed by atoms with Gasteiger partial charge in [0.15, 0.2) is 0 Å². The van der Waals surface area contributed by atoms with Gasteiger partial charge in [0.2, 0.25) is 0 Å². The van der Waals surface area contributed by atoms with Gasteiger partial charge in [-0.25, -0.2) is 4.39 Å². The molecule has 0 aliphatic carbocycles. The van der Waals surface area contributed by atoms with Gasteiger partial charge in [-0.2, -0.15) is 0 Å². The van der Waals surface area contributed by atoms with Crippen molar-refractivity contribution in [1.82, 2.24) is 0 Å². The Kier molecular flexibility index (Phi) is 6.76. The zero-order chi connectivity index (χ0) is 13.4. The summed E-state index contributed by atoms with van der Waals surface area (Å²) in [5.41, 5.74) is 0.199. The van der Waals surface area contributed by atoms with Crippen LogP contribution in [0.5, 0.6) is 5.75 Å². The van der Waals surface area contributed by atoms with E-state index in [9.17, 15) is 4.39 Å². The molecule has 0 heterocycles. The van der Waals surface area contributed by atoms with Crippen LogP contribution in [0.15, 0.2) is 18.2 Å². The monoisotopic (exact) mass is 254 g/mol. The quantitative estimate of drug-likeness (QED) is 0.550. The molecule has 2 N–H and O–H groups in total. The molecule has 0 atom stereocenters. The third kappa shape index (κ3) is 5.06. The molecule has 0 aromatic heterocycles. The molecule has 0 bridgehead atoms. The lowest BCUT2D eigenvalue weighted by Crippen LogP contribution is -2.31. The Bertz CT molecular complexity index is 358. The average molecular weight is 254 g/mol. The van der Waals surface area contributed by atoms with Gasteiger partial charge in [0.1, 0.15) is 11.6 Å². The Hall–Kier alpha value is -1.07. The van der Waals surface area contributed by atoms with E-state index in [0.29, 0.717) is 6.61 Å². The zero-order valence-electron chi connectivity index (χ0n) is 10.7.